The molecule has 0 bridgehead atoms. The number of pyridine rings is 2. The van der Waals surface area contributed by atoms with Crippen LogP contribution in [0.3, 0.4) is 0 Å². The maximum absolute atomic E-state index is 9.63. The molecule has 2 fully saturated rings. The molecular weight excluding hydrogens is 440 g/mol. The van der Waals surface area contributed by atoms with Crippen molar-refractivity contribution in [1.29, 1.82) is 5.26 Å². The Kier molecular flexibility index (Phi) is 5.46. The summed E-state index contributed by atoms with van der Waals surface area (Å²) in [5.74, 6) is 1.34. The molecule has 1 N–H and O–H groups in total. The van der Waals surface area contributed by atoms with Crippen molar-refractivity contribution in [3.05, 3.63) is 59.8 Å². The van der Waals surface area contributed by atoms with Gasteiger partial charge in [-0.05, 0) is 70.2 Å². The maximum atomic E-state index is 9.63. The smallest absolute Gasteiger partial charge is 0.201 e. The van der Waals surface area contributed by atoms with Gasteiger partial charge in [0.15, 0.2) is 0 Å². The SMILES string of the molecule is Cc1c(-c2cc(O[C@H](C)c3ccccn3)n3c(C#N)cnc3c2)nnn1C1CCNC(C2CC2)C1. The third kappa shape index (κ3) is 4.04. The Labute approximate surface area is 203 Å². The second-order valence-corrected chi connectivity index (χ2v) is 9.59. The van der Waals surface area contributed by atoms with Crippen LogP contribution in [0.2, 0.25) is 0 Å². The predicted octanol–water partition coefficient (Wildman–Crippen LogP) is 4.01. The van der Waals surface area contributed by atoms with Gasteiger partial charge in [0.2, 0.25) is 5.88 Å². The maximum Gasteiger partial charge on any atom is 0.201 e. The monoisotopic (exact) mass is 468 g/mol. The molecule has 0 radical (unpaired) electrons. The van der Waals surface area contributed by atoms with Crippen molar-refractivity contribution in [1.82, 2.24) is 34.7 Å². The lowest BCUT2D eigenvalue weighted by atomic mass is 9.96. The van der Waals surface area contributed by atoms with E-state index in [0.29, 0.717) is 29.3 Å². The Balaban J connectivity index is 1.36. The van der Waals surface area contributed by atoms with Crippen molar-refractivity contribution < 1.29 is 4.74 Å². The zero-order valence-electron chi connectivity index (χ0n) is 19.9. The normalized spacial score (nSPS) is 21.1. The van der Waals surface area contributed by atoms with E-state index in [1.54, 1.807) is 16.8 Å². The van der Waals surface area contributed by atoms with E-state index in [0.717, 1.165) is 47.9 Å². The first-order valence-electron chi connectivity index (χ1n) is 12.3. The summed E-state index contributed by atoms with van der Waals surface area (Å²) in [6, 6.07) is 12.7. The van der Waals surface area contributed by atoms with E-state index < -0.39 is 0 Å². The van der Waals surface area contributed by atoms with Crippen LogP contribution in [0.5, 0.6) is 5.88 Å². The van der Waals surface area contributed by atoms with Gasteiger partial charge in [-0.3, -0.25) is 9.38 Å². The van der Waals surface area contributed by atoms with Gasteiger partial charge in [0.1, 0.15) is 29.2 Å². The largest absolute Gasteiger partial charge is 0.469 e. The minimum atomic E-state index is -0.311. The summed E-state index contributed by atoms with van der Waals surface area (Å²) >= 11 is 0. The van der Waals surface area contributed by atoms with Gasteiger partial charge < -0.3 is 10.1 Å². The van der Waals surface area contributed by atoms with Gasteiger partial charge in [-0.25, -0.2) is 9.67 Å². The van der Waals surface area contributed by atoms with Crippen molar-refractivity contribution >= 4 is 5.65 Å². The zero-order valence-corrected chi connectivity index (χ0v) is 19.9. The molecule has 1 aliphatic heterocycles. The van der Waals surface area contributed by atoms with E-state index in [2.05, 4.69) is 43.3 Å². The number of hydrogen-bond donors (Lipinski definition) is 1. The molecular formula is C26H28N8O. The number of rotatable bonds is 6. The zero-order chi connectivity index (χ0) is 23.9. The van der Waals surface area contributed by atoms with Crippen LogP contribution in [-0.4, -0.2) is 41.9 Å². The topological polar surface area (TPSA) is 106 Å². The molecule has 4 aromatic heterocycles. The van der Waals surface area contributed by atoms with E-state index in [1.807, 2.05) is 37.3 Å². The molecule has 0 aromatic carbocycles. The van der Waals surface area contributed by atoms with Gasteiger partial charge in [-0.1, -0.05) is 11.3 Å². The summed E-state index contributed by atoms with van der Waals surface area (Å²) in [5, 5.41) is 22.5. The molecule has 9 heteroatoms. The van der Waals surface area contributed by atoms with E-state index in [4.69, 9.17) is 4.74 Å². The molecule has 3 atom stereocenters. The Hall–Kier alpha value is -3.77. The molecule has 0 amide bonds. The van der Waals surface area contributed by atoms with Gasteiger partial charge in [0.25, 0.3) is 0 Å². The Morgan fingerprint density at radius 1 is 1.20 bits per heavy atom. The lowest BCUT2D eigenvalue weighted by Gasteiger charge is -2.31. The average Bonchev–Trinajstić information content (AvgIpc) is 3.55. The molecule has 5 heterocycles. The summed E-state index contributed by atoms with van der Waals surface area (Å²) in [4.78, 5) is 8.87. The van der Waals surface area contributed by atoms with Crippen molar-refractivity contribution in [2.45, 2.75) is 57.7 Å². The minimum Gasteiger partial charge on any atom is -0.469 e. The molecule has 2 aliphatic rings. The molecule has 178 valence electrons. The molecule has 1 saturated carbocycles. The number of piperidine rings is 1. The number of fused-ring (bicyclic) bond motifs is 1. The molecule has 9 nitrogen and oxygen atoms in total. The number of imidazole rings is 1. The van der Waals surface area contributed by atoms with Gasteiger partial charge in [0.05, 0.1) is 23.6 Å². The second-order valence-electron chi connectivity index (χ2n) is 9.59. The lowest BCUT2D eigenvalue weighted by Crippen LogP contribution is -2.40. The second kappa shape index (κ2) is 8.78. The fourth-order valence-corrected chi connectivity index (χ4v) is 5.20. The van der Waals surface area contributed by atoms with Crippen molar-refractivity contribution in [2.24, 2.45) is 5.92 Å². The van der Waals surface area contributed by atoms with Crippen LogP contribution in [0.1, 0.15) is 61.8 Å². The van der Waals surface area contributed by atoms with E-state index >= 15 is 0 Å². The van der Waals surface area contributed by atoms with Crippen LogP contribution in [0.25, 0.3) is 16.9 Å². The van der Waals surface area contributed by atoms with Crippen LogP contribution >= 0.6 is 0 Å². The number of ether oxygens (including phenoxy) is 1. The Morgan fingerprint density at radius 3 is 2.86 bits per heavy atom. The first-order valence-corrected chi connectivity index (χ1v) is 12.3. The summed E-state index contributed by atoms with van der Waals surface area (Å²) in [7, 11) is 0. The number of hydrogen-bond acceptors (Lipinski definition) is 7. The summed E-state index contributed by atoms with van der Waals surface area (Å²) in [6.07, 6.45) is 7.81. The Bertz CT molecular complexity index is 1400. The predicted molar refractivity (Wildman–Crippen MR) is 130 cm³/mol. The fourth-order valence-electron chi connectivity index (χ4n) is 5.20. The van der Waals surface area contributed by atoms with E-state index in [-0.39, 0.29) is 6.10 Å². The average molecular weight is 469 g/mol. The molecule has 6 rings (SSSR count). The first-order chi connectivity index (χ1) is 17.1. The van der Waals surface area contributed by atoms with Gasteiger partial charge in [0, 0.05) is 23.9 Å². The van der Waals surface area contributed by atoms with Gasteiger partial charge in [-0.15, -0.1) is 5.10 Å². The molecule has 0 spiro atoms. The quantitative estimate of drug-likeness (QED) is 0.456. The first kappa shape index (κ1) is 21.7. The van der Waals surface area contributed by atoms with Crippen molar-refractivity contribution in [2.75, 3.05) is 6.54 Å². The number of nitriles is 1. The Morgan fingerprint density at radius 2 is 2.09 bits per heavy atom. The van der Waals surface area contributed by atoms with Crippen LogP contribution in [0, 0.1) is 24.2 Å². The van der Waals surface area contributed by atoms with E-state index in [9.17, 15) is 5.26 Å². The third-order valence-electron chi connectivity index (χ3n) is 7.24. The van der Waals surface area contributed by atoms with Crippen LogP contribution in [0.15, 0.2) is 42.7 Å². The van der Waals surface area contributed by atoms with Gasteiger partial charge in [-0.2, -0.15) is 5.26 Å². The highest BCUT2D eigenvalue weighted by Crippen LogP contribution is 2.39. The van der Waals surface area contributed by atoms with Gasteiger partial charge >= 0.3 is 0 Å². The number of nitrogens with zero attached hydrogens (tertiary/aromatic N) is 7. The van der Waals surface area contributed by atoms with Crippen molar-refractivity contribution in [3.8, 4) is 23.2 Å². The van der Waals surface area contributed by atoms with Crippen molar-refractivity contribution in [3.63, 3.8) is 0 Å². The fraction of sp³-hybridized carbons (Fsp3) is 0.423. The number of aromatic nitrogens is 6. The summed E-state index contributed by atoms with van der Waals surface area (Å²) in [6.45, 7) is 5.04. The summed E-state index contributed by atoms with van der Waals surface area (Å²) in [5.41, 5.74) is 4.57. The minimum absolute atomic E-state index is 0.311. The molecule has 2 unspecified atom stereocenters. The standard InChI is InChI=1S/C26H28N8O/c1-16-26(31-32-34(16)20-8-10-29-23(13-20)18-6-7-18)19-11-24-30-15-21(14-27)33(24)25(12-19)35-17(2)22-5-3-4-9-28-22/h3-5,9,11-12,15,17-18,20,23,29H,6-8,10,13H2,1-2H3/t17-,20?,23?/m1/s1. The number of nitrogens with one attached hydrogen (secondary N) is 1. The molecule has 1 saturated heterocycles. The highest BCUT2D eigenvalue weighted by molar-refractivity contribution is 5.68. The van der Waals surface area contributed by atoms with Crippen LogP contribution < -0.4 is 10.1 Å². The summed E-state index contributed by atoms with van der Waals surface area (Å²) < 4.78 is 10.2. The van der Waals surface area contributed by atoms with Crippen LogP contribution in [0.4, 0.5) is 0 Å². The molecule has 35 heavy (non-hydrogen) atoms. The lowest BCUT2D eigenvalue weighted by molar-refractivity contribution is 0.210. The highest BCUT2D eigenvalue weighted by atomic mass is 16.5. The molecule has 1 aliphatic carbocycles. The third-order valence-corrected chi connectivity index (χ3v) is 7.24. The highest BCUT2D eigenvalue weighted by Gasteiger charge is 2.36. The van der Waals surface area contributed by atoms with Crippen LogP contribution in [-0.2, 0) is 0 Å². The molecule has 4 aromatic rings. The van der Waals surface area contributed by atoms with E-state index in [1.165, 1.54) is 12.8 Å².